The maximum atomic E-state index is 14.6. The molecule has 1 fully saturated rings. The predicted octanol–water partition coefficient (Wildman–Crippen LogP) is 2.51. The minimum Gasteiger partial charge on any atom is -0.459 e. The molecule has 4 N–H and O–H groups in total. The standard InChI is InChI=1S/C22H23F5O6/c1-10(11-2-4-13(5-3-11)22(25,26)27)6-12-7-14(23)8-15(24)20(12)33-21-19(31)18(30)17(29)16(9-28)32-21/h2-5,7-8,10,16-19,21,28-31H,6,9H2,1H3/t10?,16-,17-,18+,19-,21+/m1/s1. The van der Waals surface area contributed by atoms with Gasteiger partial charge >= 0.3 is 6.18 Å². The summed E-state index contributed by atoms with van der Waals surface area (Å²) in [5, 5.41) is 39.2. The van der Waals surface area contributed by atoms with Crippen molar-refractivity contribution >= 4 is 0 Å². The second-order valence-corrected chi connectivity index (χ2v) is 7.92. The van der Waals surface area contributed by atoms with Crippen LogP contribution in [-0.2, 0) is 17.3 Å². The molecule has 2 aromatic carbocycles. The average molecular weight is 478 g/mol. The third-order valence-corrected chi connectivity index (χ3v) is 5.50. The summed E-state index contributed by atoms with van der Waals surface area (Å²) in [5.74, 6) is -3.05. The van der Waals surface area contributed by atoms with Crippen LogP contribution in [0.15, 0.2) is 36.4 Å². The Kier molecular flexibility index (Phi) is 7.59. The number of rotatable bonds is 6. The number of hydrogen-bond donors (Lipinski definition) is 4. The van der Waals surface area contributed by atoms with E-state index >= 15 is 0 Å². The number of halogens is 5. The number of aliphatic hydroxyl groups is 4. The van der Waals surface area contributed by atoms with Crippen molar-refractivity contribution in [3.8, 4) is 5.75 Å². The van der Waals surface area contributed by atoms with Gasteiger partial charge in [-0.15, -0.1) is 0 Å². The molecular weight excluding hydrogens is 455 g/mol. The maximum Gasteiger partial charge on any atom is 0.416 e. The highest BCUT2D eigenvalue weighted by Crippen LogP contribution is 2.34. The van der Waals surface area contributed by atoms with Crippen LogP contribution in [0.3, 0.4) is 0 Å². The van der Waals surface area contributed by atoms with Crippen molar-refractivity contribution in [1.82, 2.24) is 0 Å². The fraction of sp³-hybridized carbons (Fsp3) is 0.455. The van der Waals surface area contributed by atoms with Crippen molar-refractivity contribution in [2.75, 3.05) is 6.61 Å². The molecule has 0 radical (unpaired) electrons. The van der Waals surface area contributed by atoms with E-state index in [-0.39, 0.29) is 12.0 Å². The molecule has 11 heteroatoms. The molecule has 0 aromatic heterocycles. The van der Waals surface area contributed by atoms with Crippen LogP contribution in [0.5, 0.6) is 5.75 Å². The zero-order chi connectivity index (χ0) is 24.5. The van der Waals surface area contributed by atoms with Crippen LogP contribution in [0.25, 0.3) is 0 Å². The quantitative estimate of drug-likeness (QED) is 0.477. The molecular formula is C22H23F5O6. The van der Waals surface area contributed by atoms with Crippen LogP contribution in [0.1, 0.15) is 29.5 Å². The SMILES string of the molecule is CC(Cc1cc(F)cc(F)c1O[C@@H]1O[C@H](CO)[C@@H](O)[C@H](O)[C@H]1O)c1ccc(C(F)(F)F)cc1. The van der Waals surface area contributed by atoms with Gasteiger partial charge in [-0.05, 0) is 36.1 Å². The molecule has 33 heavy (non-hydrogen) atoms. The van der Waals surface area contributed by atoms with Crippen LogP contribution in [0.2, 0.25) is 0 Å². The highest BCUT2D eigenvalue weighted by molar-refractivity contribution is 5.38. The highest BCUT2D eigenvalue weighted by atomic mass is 19.4. The van der Waals surface area contributed by atoms with Crippen molar-refractivity contribution in [2.45, 2.75) is 56.1 Å². The number of ether oxygens (including phenoxy) is 2. The Labute approximate surface area is 185 Å². The van der Waals surface area contributed by atoms with Crippen LogP contribution in [0.4, 0.5) is 22.0 Å². The first-order chi connectivity index (χ1) is 15.4. The van der Waals surface area contributed by atoms with Gasteiger partial charge < -0.3 is 29.9 Å². The number of aliphatic hydroxyl groups excluding tert-OH is 4. The van der Waals surface area contributed by atoms with Crippen molar-refractivity contribution in [2.24, 2.45) is 0 Å². The minimum absolute atomic E-state index is 0.00291. The van der Waals surface area contributed by atoms with Gasteiger partial charge in [0.25, 0.3) is 0 Å². The average Bonchev–Trinajstić information content (AvgIpc) is 2.75. The molecule has 0 spiro atoms. The lowest BCUT2D eigenvalue weighted by atomic mass is 9.92. The molecule has 0 amide bonds. The lowest BCUT2D eigenvalue weighted by Gasteiger charge is -2.39. The van der Waals surface area contributed by atoms with E-state index in [0.717, 1.165) is 18.2 Å². The van der Waals surface area contributed by atoms with E-state index in [1.807, 2.05) is 0 Å². The Hall–Kier alpha value is -2.31. The van der Waals surface area contributed by atoms with Crippen LogP contribution < -0.4 is 4.74 Å². The first kappa shape index (κ1) is 25.3. The van der Waals surface area contributed by atoms with E-state index < -0.39 is 72.4 Å². The van der Waals surface area contributed by atoms with Gasteiger partial charge in [-0.3, -0.25) is 0 Å². The van der Waals surface area contributed by atoms with Gasteiger partial charge in [-0.25, -0.2) is 8.78 Å². The van der Waals surface area contributed by atoms with Gasteiger partial charge in [0.1, 0.15) is 30.2 Å². The van der Waals surface area contributed by atoms with Gasteiger partial charge in [-0.2, -0.15) is 13.2 Å². The Morgan fingerprint density at radius 1 is 1.00 bits per heavy atom. The molecule has 1 heterocycles. The molecule has 0 aliphatic carbocycles. The first-order valence-corrected chi connectivity index (χ1v) is 10.0. The summed E-state index contributed by atoms with van der Waals surface area (Å²) in [6, 6.07) is 5.85. The molecule has 6 nitrogen and oxygen atoms in total. The van der Waals surface area contributed by atoms with E-state index in [4.69, 9.17) is 9.47 Å². The Morgan fingerprint density at radius 2 is 1.64 bits per heavy atom. The normalized spacial score (nSPS) is 26.8. The maximum absolute atomic E-state index is 14.6. The van der Waals surface area contributed by atoms with Gasteiger partial charge in [0, 0.05) is 11.6 Å². The lowest BCUT2D eigenvalue weighted by molar-refractivity contribution is -0.278. The zero-order valence-electron chi connectivity index (χ0n) is 17.3. The fourth-order valence-corrected chi connectivity index (χ4v) is 3.63. The van der Waals surface area contributed by atoms with Gasteiger partial charge in [0.05, 0.1) is 12.2 Å². The molecule has 3 rings (SSSR count). The molecule has 1 aliphatic rings. The first-order valence-electron chi connectivity index (χ1n) is 10.0. The van der Waals surface area contributed by atoms with E-state index in [0.29, 0.717) is 11.6 Å². The number of benzene rings is 2. The van der Waals surface area contributed by atoms with E-state index in [9.17, 15) is 42.4 Å². The number of hydrogen-bond acceptors (Lipinski definition) is 6. The van der Waals surface area contributed by atoms with Crippen molar-refractivity contribution in [1.29, 1.82) is 0 Å². The fourth-order valence-electron chi connectivity index (χ4n) is 3.63. The van der Waals surface area contributed by atoms with Crippen LogP contribution >= 0.6 is 0 Å². The molecule has 1 saturated heterocycles. The monoisotopic (exact) mass is 478 g/mol. The summed E-state index contributed by atoms with van der Waals surface area (Å²) in [4.78, 5) is 0. The summed E-state index contributed by atoms with van der Waals surface area (Å²) in [5.41, 5.74) is -0.356. The molecule has 0 bridgehead atoms. The minimum atomic E-state index is -4.50. The number of alkyl halides is 3. The van der Waals surface area contributed by atoms with Crippen molar-refractivity contribution in [3.05, 3.63) is 64.7 Å². The Bertz CT molecular complexity index is 950. The molecule has 2 aromatic rings. The van der Waals surface area contributed by atoms with Gasteiger partial charge in [-0.1, -0.05) is 19.1 Å². The van der Waals surface area contributed by atoms with Crippen molar-refractivity contribution < 1.29 is 51.9 Å². The van der Waals surface area contributed by atoms with E-state index in [1.54, 1.807) is 6.92 Å². The van der Waals surface area contributed by atoms with E-state index in [1.165, 1.54) is 12.1 Å². The smallest absolute Gasteiger partial charge is 0.416 e. The van der Waals surface area contributed by atoms with Crippen LogP contribution in [0, 0.1) is 11.6 Å². The molecule has 182 valence electrons. The molecule has 1 aliphatic heterocycles. The Balaban J connectivity index is 1.85. The van der Waals surface area contributed by atoms with Gasteiger partial charge in [0.2, 0.25) is 6.29 Å². The third kappa shape index (κ3) is 5.61. The molecule has 6 atom stereocenters. The molecule has 0 saturated carbocycles. The summed E-state index contributed by atoms with van der Waals surface area (Å²) in [6.07, 6.45) is -12.8. The van der Waals surface area contributed by atoms with E-state index in [2.05, 4.69) is 0 Å². The summed E-state index contributed by atoms with van der Waals surface area (Å²) < 4.78 is 77.5. The second-order valence-electron chi connectivity index (χ2n) is 7.92. The highest BCUT2D eigenvalue weighted by Gasteiger charge is 2.45. The summed E-state index contributed by atoms with van der Waals surface area (Å²) >= 11 is 0. The largest absolute Gasteiger partial charge is 0.459 e. The second kappa shape index (κ2) is 9.90. The lowest BCUT2D eigenvalue weighted by Crippen LogP contribution is -2.60. The summed E-state index contributed by atoms with van der Waals surface area (Å²) in [7, 11) is 0. The summed E-state index contributed by atoms with van der Waals surface area (Å²) in [6.45, 7) is 0.914. The zero-order valence-corrected chi connectivity index (χ0v) is 17.3. The van der Waals surface area contributed by atoms with Crippen LogP contribution in [-0.4, -0.2) is 57.7 Å². The Morgan fingerprint density at radius 3 is 2.21 bits per heavy atom. The predicted molar refractivity (Wildman–Crippen MR) is 104 cm³/mol. The topological polar surface area (TPSA) is 99.4 Å². The third-order valence-electron chi connectivity index (χ3n) is 5.50. The van der Waals surface area contributed by atoms with Crippen molar-refractivity contribution in [3.63, 3.8) is 0 Å². The van der Waals surface area contributed by atoms with Gasteiger partial charge in [0.15, 0.2) is 11.6 Å². The molecule has 1 unspecified atom stereocenters.